The fourth-order valence-corrected chi connectivity index (χ4v) is 3.03. The van der Waals surface area contributed by atoms with Crippen LogP contribution in [0.4, 0.5) is 4.39 Å². The van der Waals surface area contributed by atoms with Gasteiger partial charge < -0.3 is 5.73 Å². The van der Waals surface area contributed by atoms with Crippen LogP contribution in [0.25, 0.3) is 0 Å². The van der Waals surface area contributed by atoms with Gasteiger partial charge in [-0.3, -0.25) is 0 Å². The molecule has 0 heterocycles. The van der Waals surface area contributed by atoms with Crippen molar-refractivity contribution in [1.82, 2.24) is 0 Å². The zero-order valence-electron chi connectivity index (χ0n) is 10.8. The number of rotatable bonds is 2. The lowest BCUT2D eigenvalue weighted by molar-refractivity contribution is 0.299. The van der Waals surface area contributed by atoms with Crippen LogP contribution in [0.1, 0.15) is 32.3 Å². The molecule has 1 aliphatic rings. The maximum absolute atomic E-state index is 13.8. The van der Waals surface area contributed by atoms with Crippen LogP contribution in [0.5, 0.6) is 0 Å². The zero-order chi connectivity index (χ0) is 13.3. The molecule has 1 aromatic carbocycles. The van der Waals surface area contributed by atoms with E-state index in [9.17, 15) is 4.39 Å². The highest BCUT2D eigenvalue weighted by Crippen LogP contribution is 2.37. The fraction of sp³-hybridized carbons (Fsp3) is 0.467. The van der Waals surface area contributed by atoms with Gasteiger partial charge in [0.15, 0.2) is 0 Å². The molecule has 18 heavy (non-hydrogen) atoms. The number of allylic oxidation sites excluding steroid dienone is 1. The summed E-state index contributed by atoms with van der Waals surface area (Å²) in [6, 6.07) is 4.88. The van der Waals surface area contributed by atoms with Crippen molar-refractivity contribution in [2.24, 2.45) is 11.1 Å². The Morgan fingerprint density at radius 3 is 2.78 bits per heavy atom. The fourth-order valence-electron chi connectivity index (χ4n) is 2.80. The quantitative estimate of drug-likeness (QED) is 0.803. The van der Waals surface area contributed by atoms with E-state index in [1.54, 1.807) is 12.1 Å². The third-order valence-electron chi connectivity index (χ3n) is 3.41. The van der Waals surface area contributed by atoms with E-state index in [-0.39, 0.29) is 17.3 Å². The van der Waals surface area contributed by atoms with Gasteiger partial charge in [-0.15, -0.1) is 0 Å². The summed E-state index contributed by atoms with van der Waals surface area (Å²) in [6.07, 6.45) is 4.55. The van der Waals surface area contributed by atoms with Crippen LogP contribution in [0.15, 0.2) is 29.8 Å². The normalized spacial score (nSPS) is 22.7. The predicted molar refractivity (Wildman–Crippen MR) is 74.2 cm³/mol. The molecular weight excluding hydrogens is 249 g/mol. The third-order valence-corrected chi connectivity index (χ3v) is 3.76. The molecule has 0 fully saturated rings. The molecule has 0 radical (unpaired) electrons. The Morgan fingerprint density at radius 1 is 1.44 bits per heavy atom. The number of benzene rings is 1. The molecule has 0 spiro atoms. The lowest BCUT2D eigenvalue weighted by Crippen LogP contribution is -2.31. The molecule has 0 bridgehead atoms. The van der Waals surface area contributed by atoms with Gasteiger partial charge in [0, 0.05) is 16.6 Å². The summed E-state index contributed by atoms with van der Waals surface area (Å²) in [6.45, 7) is 4.39. The highest BCUT2D eigenvalue weighted by molar-refractivity contribution is 6.31. The molecule has 1 aliphatic carbocycles. The van der Waals surface area contributed by atoms with E-state index in [0.29, 0.717) is 17.0 Å². The summed E-state index contributed by atoms with van der Waals surface area (Å²) >= 11 is 6.06. The zero-order valence-corrected chi connectivity index (χ0v) is 11.6. The summed E-state index contributed by atoms with van der Waals surface area (Å²) in [7, 11) is 0. The molecule has 1 nitrogen and oxygen atoms in total. The first-order valence-corrected chi connectivity index (χ1v) is 6.63. The van der Waals surface area contributed by atoms with Crippen LogP contribution in [-0.2, 0) is 6.42 Å². The molecule has 1 aromatic rings. The number of hydrogen-bond donors (Lipinski definition) is 1. The van der Waals surface area contributed by atoms with Gasteiger partial charge in [0.25, 0.3) is 0 Å². The molecule has 98 valence electrons. The maximum Gasteiger partial charge on any atom is 0.128 e. The average molecular weight is 268 g/mol. The van der Waals surface area contributed by atoms with Gasteiger partial charge in [0.05, 0.1) is 0 Å². The second-order valence-corrected chi connectivity index (χ2v) is 6.32. The van der Waals surface area contributed by atoms with Crippen molar-refractivity contribution >= 4 is 11.6 Å². The highest BCUT2D eigenvalue weighted by atomic mass is 35.5. The topological polar surface area (TPSA) is 26.0 Å². The predicted octanol–water partition coefficient (Wildman–Crippen LogP) is 4.10. The Labute approximate surface area is 113 Å². The standard InChI is InChI=1S/C15H19ClFN/c1-15(2)8-10(6-11(18)9-15)7-12-13(16)4-3-5-14(12)17/h3-6,11H,7-9,18H2,1-2H3. The number of nitrogens with two attached hydrogens (primary N) is 1. The first-order chi connectivity index (χ1) is 8.37. The Morgan fingerprint density at radius 2 is 2.17 bits per heavy atom. The lowest BCUT2D eigenvalue weighted by atomic mass is 9.74. The van der Waals surface area contributed by atoms with Crippen molar-refractivity contribution in [3.8, 4) is 0 Å². The molecule has 0 amide bonds. The number of hydrogen-bond acceptors (Lipinski definition) is 1. The van der Waals surface area contributed by atoms with Crippen LogP contribution < -0.4 is 5.73 Å². The average Bonchev–Trinajstić information content (AvgIpc) is 2.21. The molecule has 3 heteroatoms. The van der Waals surface area contributed by atoms with Crippen LogP contribution in [0, 0.1) is 11.2 Å². The monoisotopic (exact) mass is 267 g/mol. The van der Waals surface area contributed by atoms with E-state index < -0.39 is 0 Å². The van der Waals surface area contributed by atoms with Crippen LogP contribution in [0.2, 0.25) is 5.02 Å². The third kappa shape index (κ3) is 3.12. The molecular formula is C15H19ClFN. The molecule has 0 aliphatic heterocycles. The van der Waals surface area contributed by atoms with Crippen molar-refractivity contribution in [3.63, 3.8) is 0 Å². The summed E-state index contributed by atoms with van der Waals surface area (Å²) in [5.41, 5.74) is 7.97. The van der Waals surface area contributed by atoms with Crippen LogP contribution >= 0.6 is 11.6 Å². The SMILES string of the molecule is CC1(C)CC(Cc2c(F)cccc2Cl)=CC(N)C1. The second kappa shape index (κ2) is 5.02. The second-order valence-electron chi connectivity index (χ2n) is 5.91. The smallest absolute Gasteiger partial charge is 0.128 e. The Hall–Kier alpha value is -0.860. The van der Waals surface area contributed by atoms with E-state index in [2.05, 4.69) is 19.9 Å². The van der Waals surface area contributed by atoms with Gasteiger partial charge in [-0.05, 0) is 36.8 Å². The van der Waals surface area contributed by atoms with Gasteiger partial charge in [-0.2, -0.15) is 0 Å². The van der Waals surface area contributed by atoms with Crippen molar-refractivity contribution < 1.29 is 4.39 Å². The Kier molecular flexibility index (Phi) is 3.79. The summed E-state index contributed by atoms with van der Waals surface area (Å²) in [5.74, 6) is -0.236. The highest BCUT2D eigenvalue weighted by Gasteiger charge is 2.27. The van der Waals surface area contributed by atoms with Crippen LogP contribution in [0.3, 0.4) is 0 Å². The minimum atomic E-state index is -0.236. The molecule has 1 atom stereocenters. The van der Waals surface area contributed by atoms with Crippen molar-refractivity contribution in [2.45, 2.75) is 39.2 Å². The van der Waals surface area contributed by atoms with Gasteiger partial charge in [-0.25, -0.2) is 4.39 Å². The first kappa shape index (κ1) is 13.6. The minimum absolute atomic E-state index is 0.0642. The number of halogens is 2. The molecule has 0 saturated heterocycles. The minimum Gasteiger partial charge on any atom is -0.324 e. The van der Waals surface area contributed by atoms with E-state index >= 15 is 0 Å². The molecule has 2 N–H and O–H groups in total. The summed E-state index contributed by atoms with van der Waals surface area (Å²) < 4.78 is 13.8. The molecule has 0 saturated carbocycles. The molecule has 1 unspecified atom stereocenters. The lowest BCUT2D eigenvalue weighted by Gasteiger charge is -2.33. The van der Waals surface area contributed by atoms with Crippen molar-refractivity contribution in [3.05, 3.63) is 46.3 Å². The molecule has 0 aromatic heterocycles. The van der Waals surface area contributed by atoms with Gasteiger partial charge in [0.2, 0.25) is 0 Å². The summed E-state index contributed by atoms with van der Waals surface area (Å²) in [5, 5.41) is 0.493. The van der Waals surface area contributed by atoms with E-state index in [1.165, 1.54) is 11.6 Å². The van der Waals surface area contributed by atoms with Crippen LogP contribution in [-0.4, -0.2) is 6.04 Å². The Bertz CT molecular complexity index is 459. The van der Waals surface area contributed by atoms with E-state index in [0.717, 1.165) is 12.8 Å². The van der Waals surface area contributed by atoms with Gasteiger partial charge >= 0.3 is 0 Å². The summed E-state index contributed by atoms with van der Waals surface area (Å²) in [4.78, 5) is 0. The molecule has 2 rings (SSSR count). The van der Waals surface area contributed by atoms with E-state index in [4.69, 9.17) is 17.3 Å². The van der Waals surface area contributed by atoms with Crippen molar-refractivity contribution in [2.75, 3.05) is 0 Å². The first-order valence-electron chi connectivity index (χ1n) is 6.25. The Balaban J connectivity index is 2.24. The van der Waals surface area contributed by atoms with Crippen molar-refractivity contribution in [1.29, 1.82) is 0 Å². The largest absolute Gasteiger partial charge is 0.324 e. The van der Waals surface area contributed by atoms with Gasteiger partial charge in [-0.1, -0.05) is 43.2 Å². The van der Waals surface area contributed by atoms with E-state index in [1.807, 2.05) is 0 Å². The van der Waals surface area contributed by atoms with Gasteiger partial charge in [0.1, 0.15) is 5.82 Å². The maximum atomic E-state index is 13.8.